The van der Waals surface area contributed by atoms with Gasteiger partial charge in [0.2, 0.25) is 0 Å². The molecule has 0 radical (unpaired) electrons. The molecule has 3 rings (SSSR count). The molecule has 0 unspecified atom stereocenters. The number of hydrogen-bond acceptors (Lipinski definition) is 4. The number of rotatable bonds is 3. The summed E-state index contributed by atoms with van der Waals surface area (Å²) in [5.74, 6) is 0.841. The van der Waals surface area contributed by atoms with Crippen LogP contribution in [0.25, 0.3) is 22.4 Å². The normalized spacial score (nSPS) is 10.6. The van der Waals surface area contributed by atoms with Crippen LogP contribution in [0.4, 0.5) is 10.6 Å². The average molecular weight is 298 g/mol. The van der Waals surface area contributed by atoms with Crippen molar-refractivity contribution in [2.24, 2.45) is 0 Å². The van der Waals surface area contributed by atoms with Gasteiger partial charge < -0.3 is 14.7 Å². The van der Waals surface area contributed by atoms with E-state index in [0.29, 0.717) is 11.3 Å². The number of nitrogens with zero attached hydrogens (tertiary/aromatic N) is 1. The van der Waals surface area contributed by atoms with Crippen LogP contribution in [0, 0.1) is 0 Å². The van der Waals surface area contributed by atoms with Crippen LogP contribution in [0.15, 0.2) is 41.2 Å². The van der Waals surface area contributed by atoms with Crippen molar-refractivity contribution in [3.8, 4) is 11.4 Å². The van der Waals surface area contributed by atoms with Crippen LogP contribution in [-0.4, -0.2) is 27.7 Å². The second-order valence-electron chi connectivity index (χ2n) is 4.57. The second-order valence-corrected chi connectivity index (χ2v) is 4.57. The zero-order chi connectivity index (χ0) is 15.5. The second kappa shape index (κ2) is 5.72. The number of ether oxygens (including phenoxy) is 1. The maximum atomic E-state index is 12.1. The molecule has 2 aromatic heterocycles. The average Bonchev–Trinajstić information content (AvgIpc) is 2.93. The lowest BCUT2D eigenvalue weighted by Crippen LogP contribution is -2.17. The molecule has 0 aliphatic rings. The number of carbonyl (C=O) groups excluding carboxylic acids is 1. The van der Waals surface area contributed by atoms with Crippen molar-refractivity contribution in [1.82, 2.24) is 15.0 Å². The summed E-state index contributed by atoms with van der Waals surface area (Å²) in [7, 11) is 0. The summed E-state index contributed by atoms with van der Waals surface area (Å²) in [6, 6.07) is 11.1. The van der Waals surface area contributed by atoms with Gasteiger partial charge in [-0.2, -0.15) is 0 Å². The lowest BCUT2D eigenvalue weighted by Gasteiger charge is -2.04. The first-order chi connectivity index (χ1) is 10.7. The summed E-state index contributed by atoms with van der Waals surface area (Å²) in [5, 5.41) is 2.46. The topological polar surface area (TPSA) is 99.9 Å². The molecule has 0 fully saturated rings. The Hall–Kier alpha value is -3.09. The predicted octanol–water partition coefficient (Wildman–Crippen LogP) is 2.49. The summed E-state index contributed by atoms with van der Waals surface area (Å²) in [6.45, 7) is 1.95. The van der Waals surface area contributed by atoms with Crippen molar-refractivity contribution in [3.05, 3.63) is 46.8 Å². The smallest absolute Gasteiger partial charge is 0.412 e. The highest BCUT2D eigenvalue weighted by molar-refractivity contribution is 5.87. The van der Waals surface area contributed by atoms with Crippen molar-refractivity contribution < 1.29 is 9.53 Å². The molecule has 0 saturated carbocycles. The van der Waals surface area contributed by atoms with Crippen molar-refractivity contribution in [2.75, 3.05) is 11.9 Å². The molecular formula is C15H14N4O3. The Bertz CT molecular complexity index is 867. The Balaban J connectivity index is 2.00. The fourth-order valence-electron chi connectivity index (χ4n) is 2.10. The maximum Gasteiger partial charge on any atom is 0.412 e. The van der Waals surface area contributed by atoms with Crippen LogP contribution in [0.1, 0.15) is 6.92 Å². The van der Waals surface area contributed by atoms with Crippen molar-refractivity contribution >= 4 is 22.9 Å². The molecule has 0 spiro atoms. The number of pyridine rings is 1. The number of nitrogens with one attached hydrogen (secondary N) is 3. The Kier molecular flexibility index (Phi) is 3.61. The minimum atomic E-state index is -0.625. The highest BCUT2D eigenvalue weighted by atomic mass is 16.5. The molecule has 0 bridgehead atoms. The first kappa shape index (κ1) is 13.9. The standard InChI is InChI=1S/C15H14N4O3/c1-2-22-15(21)18-11-8-10-12(14(20)17-11)19-13(16-10)9-6-4-3-5-7-9/h3-8H,2H2,1H3,(H,16,19)(H2,17,18,20,21). The highest BCUT2D eigenvalue weighted by Crippen LogP contribution is 2.19. The van der Waals surface area contributed by atoms with E-state index in [1.165, 1.54) is 0 Å². The third kappa shape index (κ3) is 2.69. The molecule has 0 atom stereocenters. The van der Waals surface area contributed by atoms with E-state index in [4.69, 9.17) is 4.74 Å². The third-order valence-electron chi connectivity index (χ3n) is 3.04. The van der Waals surface area contributed by atoms with Gasteiger partial charge in [-0.3, -0.25) is 10.1 Å². The molecule has 0 aliphatic heterocycles. The molecule has 112 valence electrons. The van der Waals surface area contributed by atoms with E-state index < -0.39 is 6.09 Å². The molecule has 0 saturated heterocycles. The number of H-pyrrole nitrogens is 2. The molecule has 1 amide bonds. The van der Waals surface area contributed by atoms with E-state index in [9.17, 15) is 9.59 Å². The van der Waals surface area contributed by atoms with Crippen LogP contribution in [-0.2, 0) is 4.74 Å². The van der Waals surface area contributed by atoms with Crippen molar-refractivity contribution in [3.63, 3.8) is 0 Å². The first-order valence-corrected chi connectivity index (χ1v) is 6.79. The SMILES string of the molecule is CCOC(=O)Nc1cc2[nH]c(-c3ccccc3)nc2c(=O)[nH]1. The number of hydrogen-bond donors (Lipinski definition) is 3. The van der Waals surface area contributed by atoms with Crippen molar-refractivity contribution in [2.45, 2.75) is 6.92 Å². The third-order valence-corrected chi connectivity index (χ3v) is 3.04. The molecule has 7 heteroatoms. The number of anilines is 1. The van der Waals surface area contributed by atoms with Gasteiger partial charge in [-0.15, -0.1) is 0 Å². The number of fused-ring (bicyclic) bond motifs is 1. The highest BCUT2D eigenvalue weighted by Gasteiger charge is 2.11. The molecule has 22 heavy (non-hydrogen) atoms. The van der Waals surface area contributed by atoms with Crippen LogP contribution >= 0.6 is 0 Å². The quantitative estimate of drug-likeness (QED) is 0.691. The number of amides is 1. The van der Waals surface area contributed by atoms with Gasteiger partial charge >= 0.3 is 6.09 Å². The van der Waals surface area contributed by atoms with Gasteiger partial charge in [-0.1, -0.05) is 30.3 Å². The minimum absolute atomic E-state index is 0.249. The van der Waals surface area contributed by atoms with E-state index in [1.54, 1.807) is 13.0 Å². The molecular weight excluding hydrogens is 284 g/mol. The predicted molar refractivity (Wildman–Crippen MR) is 82.8 cm³/mol. The van der Waals surface area contributed by atoms with E-state index >= 15 is 0 Å². The monoisotopic (exact) mass is 298 g/mol. The lowest BCUT2D eigenvalue weighted by molar-refractivity contribution is 0.168. The number of carbonyl (C=O) groups is 1. The summed E-state index contributed by atoms with van der Waals surface area (Å²) in [6.07, 6.45) is -0.625. The first-order valence-electron chi connectivity index (χ1n) is 6.79. The number of aromatic amines is 2. The van der Waals surface area contributed by atoms with Gasteiger partial charge in [0.05, 0.1) is 12.1 Å². The van der Waals surface area contributed by atoms with Crippen LogP contribution in [0.3, 0.4) is 0 Å². The van der Waals surface area contributed by atoms with E-state index in [1.807, 2.05) is 30.3 Å². The Labute approximate surface area is 125 Å². The molecule has 1 aromatic carbocycles. The Morgan fingerprint density at radius 3 is 2.77 bits per heavy atom. The fraction of sp³-hybridized carbons (Fsp3) is 0.133. The molecule has 7 nitrogen and oxygen atoms in total. The molecule has 3 aromatic rings. The van der Waals surface area contributed by atoms with Crippen LogP contribution in [0.2, 0.25) is 0 Å². The molecule has 0 aliphatic carbocycles. The minimum Gasteiger partial charge on any atom is -0.450 e. The van der Waals surface area contributed by atoms with Gasteiger partial charge in [0.15, 0.2) is 5.52 Å². The summed E-state index contributed by atoms with van der Waals surface area (Å²) >= 11 is 0. The van der Waals surface area contributed by atoms with E-state index in [-0.39, 0.29) is 23.5 Å². The summed E-state index contributed by atoms with van der Waals surface area (Å²) in [5.41, 5.74) is 1.31. The van der Waals surface area contributed by atoms with Gasteiger partial charge in [0.25, 0.3) is 5.56 Å². The van der Waals surface area contributed by atoms with Gasteiger partial charge in [-0.05, 0) is 6.92 Å². The molecule has 2 heterocycles. The number of imidazole rings is 1. The van der Waals surface area contributed by atoms with Gasteiger partial charge in [-0.25, -0.2) is 9.78 Å². The summed E-state index contributed by atoms with van der Waals surface area (Å²) in [4.78, 5) is 33.4. The lowest BCUT2D eigenvalue weighted by atomic mass is 10.2. The van der Waals surface area contributed by atoms with Crippen molar-refractivity contribution in [1.29, 1.82) is 0 Å². The van der Waals surface area contributed by atoms with Crippen LogP contribution in [0.5, 0.6) is 0 Å². The van der Waals surface area contributed by atoms with E-state index in [2.05, 4.69) is 20.3 Å². The van der Waals surface area contributed by atoms with Crippen LogP contribution < -0.4 is 10.9 Å². The summed E-state index contributed by atoms with van der Waals surface area (Å²) < 4.78 is 4.77. The zero-order valence-corrected chi connectivity index (χ0v) is 11.8. The number of benzene rings is 1. The van der Waals surface area contributed by atoms with Gasteiger partial charge in [0, 0.05) is 11.6 Å². The fourth-order valence-corrected chi connectivity index (χ4v) is 2.10. The Morgan fingerprint density at radius 1 is 1.27 bits per heavy atom. The zero-order valence-electron chi connectivity index (χ0n) is 11.8. The van der Waals surface area contributed by atoms with E-state index in [0.717, 1.165) is 5.56 Å². The maximum absolute atomic E-state index is 12.1. The van der Waals surface area contributed by atoms with Gasteiger partial charge in [0.1, 0.15) is 11.6 Å². The molecule has 3 N–H and O–H groups in total. The largest absolute Gasteiger partial charge is 0.450 e. The number of aromatic nitrogens is 3. The Morgan fingerprint density at radius 2 is 2.05 bits per heavy atom.